The fourth-order valence-electron chi connectivity index (χ4n) is 4.90. The van der Waals surface area contributed by atoms with Crippen LogP contribution in [0.2, 0.25) is 0 Å². The van der Waals surface area contributed by atoms with Crippen LogP contribution < -0.4 is 29.2 Å². The maximum absolute atomic E-state index is 13.9. The first-order valence-electron chi connectivity index (χ1n) is 11.0. The molecule has 0 aromatic heterocycles. The van der Waals surface area contributed by atoms with Crippen molar-refractivity contribution < 1.29 is 28.5 Å². The van der Waals surface area contributed by atoms with Gasteiger partial charge in [-0.25, -0.2) is 0 Å². The molecule has 8 nitrogen and oxygen atoms in total. The first kappa shape index (κ1) is 20.4. The van der Waals surface area contributed by atoms with Gasteiger partial charge in [-0.2, -0.15) is 0 Å². The van der Waals surface area contributed by atoms with Gasteiger partial charge in [0, 0.05) is 23.9 Å². The van der Waals surface area contributed by atoms with E-state index in [-0.39, 0.29) is 31.8 Å². The number of nitrogens with one attached hydrogen (secondary N) is 1. The van der Waals surface area contributed by atoms with Crippen LogP contribution in [-0.2, 0) is 21.5 Å². The Kier molecular flexibility index (Phi) is 4.62. The minimum Gasteiger partial charge on any atom is -0.497 e. The molecule has 3 aliphatic heterocycles. The molecule has 0 aliphatic carbocycles. The molecule has 8 heteroatoms. The van der Waals surface area contributed by atoms with Gasteiger partial charge in [0.05, 0.1) is 7.11 Å². The van der Waals surface area contributed by atoms with Crippen molar-refractivity contribution in [2.45, 2.75) is 12.0 Å². The summed E-state index contributed by atoms with van der Waals surface area (Å²) in [6.07, 6.45) is 0. The third-order valence-electron chi connectivity index (χ3n) is 6.57. The third kappa shape index (κ3) is 2.98. The highest BCUT2D eigenvalue weighted by atomic mass is 16.7. The number of carbonyl (C=O) groups is 2. The number of methoxy groups -OCH3 is 1. The van der Waals surface area contributed by atoms with Crippen LogP contribution in [0, 0.1) is 0 Å². The predicted molar refractivity (Wildman–Crippen MR) is 122 cm³/mol. The molecule has 6 rings (SSSR count). The highest BCUT2D eigenvalue weighted by Gasteiger charge is 2.57. The second-order valence-corrected chi connectivity index (χ2v) is 8.43. The second-order valence-electron chi connectivity index (χ2n) is 8.43. The van der Waals surface area contributed by atoms with Gasteiger partial charge in [0.2, 0.25) is 18.6 Å². The monoisotopic (exact) mass is 458 g/mol. The van der Waals surface area contributed by atoms with Gasteiger partial charge in [-0.3, -0.25) is 9.59 Å². The summed E-state index contributed by atoms with van der Waals surface area (Å²) in [5.74, 6) is 2.05. The van der Waals surface area contributed by atoms with Crippen molar-refractivity contribution in [3.05, 3.63) is 77.4 Å². The van der Waals surface area contributed by atoms with Crippen LogP contribution in [0.5, 0.6) is 23.0 Å². The average molecular weight is 458 g/mol. The maximum Gasteiger partial charge on any atom is 0.246 e. The molecule has 1 spiro atoms. The fraction of sp³-hybridized carbons (Fsp3) is 0.231. The van der Waals surface area contributed by atoms with Gasteiger partial charge in [-0.15, -0.1) is 0 Å². The number of para-hydroxylation sites is 1. The Labute approximate surface area is 196 Å². The summed E-state index contributed by atoms with van der Waals surface area (Å²) in [7, 11) is 1.60. The van der Waals surface area contributed by atoms with Crippen molar-refractivity contribution in [3.63, 3.8) is 0 Å². The lowest BCUT2D eigenvalue weighted by Gasteiger charge is -2.23. The van der Waals surface area contributed by atoms with Crippen LogP contribution in [0.4, 0.5) is 5.69 Å². The first-order valence-corrected chi connectivity index (χ1v) is 11.0. The minimum atomic E-state index is -1.03. The van der Waals surface area contributed by atoms with Crippen LogP contribution in [-0.4, -0.2) is 38.9 Å². The highest BCUT2D eigenvalue weighted by molar-refractivity contribution is 6.13. The summed E-state index contributed by atoms with van der Waals surface area (Å²) >= 11 is 0. The molecular formula is C26H22N2O6. The summed E-state index contributed by atoms with van der Waals surface area (Å²) < 4.78 is 22.2. The highest BCUT2D eigenvalue weighted by Crippen LogP contribution is 2.54. The smallest absolute Gasteiger partial charge is 0.246 e. The largest absolute Gasteiger partial charge is 0.497 e. The minimum absolute atomic E-state index is 0.0958. The van der Waals surface area contributed by atoms with Crippen LogP contribution in [0.25, 0.3) is 0 Å². The summed E-state index contributed by atoms with van der Waals surface area (Å²) in [5, 5.41) is 2.90. The molecule has 172 valence electrons. The zero-order valence-corrected chi connectivity index (χ0v) is 18.5. The molecular weight excluding hydrogens is 436 g/mol. The molecule has 0 radical (unpaired) electrons. The molecule has 0 fully saturated rings. The van der Waals surface area contributed by atoms with Gasteiger partial charge in [0.15, 0.2) is 11.5 Å². The van der Waals surface area contributed by atoms with E-state index >= 15 is 0 Å². The Balaban J connectivity index is 1.28. The van der Waals surface area contributed by atoms with E-state index in [1.54, 1.807) is 18.1 Å². The SMILES string of the molecule is COc1cccc(CNC(=O)CN2C(=O)C3(COc4cc5c(cc43)OCO5)c3ccccc32)c1. The molecule has 0 bridgehead atoms. The second kappa shape index (κ2) is 7.69. The lowest BCUT2D eigenvalue weighted by Crippen LogP contribution is -2.46. The van der Waals surface area contributed by atoms with E-state index in [2.05, 4.69) is 5.32 Å². The first-order chi connectivity index (χ1) is 16.6. The van der Waals surface area contributed by atoms with Gasteiger partial charge >= 0.3 is 0 Å². The molecule has 0 saturated carbocycles. The average Bonchev–Trinajstić information content (AvgIpc) is 3.54. The van der Waals surface area contributed by atoms with Gasteiger partial charge < -0.3 is 29.2 Å². The zero-order valence-electron chi connectivity index (χ0n) is 18.5. The Morgan fingerprint density at radius 3 is 2.68 bits per heavy atom. The molecule has 1 atom stereocenters. The summed E-state index contributed by atoms with van der Waals surface area (Å²) in [5.41, 5.74) is 2.14. The summed E-state index contributed by atoms with van der Waals surface area (Å²) in [6.45, 7) is 0.528. The van der Waals surface area contributed by atoms with E-state index < -0.39 is 5.41 Å². The van der Waals surface area contributed by atoms with Gasteiger partial charge in [0.1, 0.15) is 30.1 Å². The number of anilines is 1. The molecule has 2 amide bonds. The number of hydrogen-bond donors (Lipinski definition) is 1. The van der Waals surface area contributed by atoms with Crippen molar-refractivity contribution in [3.8, 4) is 23.0 Å². The molecule has 3 aliphatic rings. The molecule has 0 saturated heterocycles. The van der Waals surface area contributed by atoms with E-state index in [0.717, 1.165) is 22.4 Å². The van der Waals surface area contributed by atoms with Gasteiger partial charge in [-0.1, -0.05) is 30.3 Å². The van der Waals surface area contributed by atoms with Crippen molar-refractivity contribution in [1.82, 2.24) is 5.32 Å². The number of ether oxygens (including phenoxy) is 4. The Morgan fingerprint density at radius 1 is 1.00 bits per heavy atom. The van der Waals surface area contributed by atoms with E-state index in [9.17, 15) is 9.59 Å². The summed E-state index contributed by atoms with van der Waals surface area (Å²) in [4.78, 5) is 28.3. The quantitative estimate of drug-likeness (QED) is 0.633. The lowest BCUT2D eigenvalue weighted by atomic mass is 9.77. The molecule has 3 aromatic carbocycles. The van der Waals surface area contributed by atoms with E-state index in [1.165, 1.54) is 0 Å². The summed E-state index contributed by atoms with van der Waals surface area (Å²) in [6, 6.07) is 18.6. The predicted octanol–water partition coefficient (Wildman–Crippen LogP) is 2.77. The van der Waals surface area contributed by atoms with Crippen LogP contribution in [0.15, 0.2) is 60.7 Å². The van der Waals surface area contributed by atoms with Crippen LogP contribution >= 0.6 is 0 Å². The normalized spacial score (nSPS) is 19.1. The number of carbonyl (C=O) groups excluding carboxylic acids is 2. The molecule has 34 heavy (non-hydrogen) atoms. The van der Waals surface area contributed by atoms with Crippen molar-refractivity contribution >= 4 is 17.5 Å². The molecule has 1 N–H and O–H groups in total. The third-order valence-corrected chi connectivity index (χ3v) is 6.57. The standard InChI is InChI=1S/C26H22N2O6/c1-31-17-6-4-5-16(9-17)12-27-24(29)13-28-20-8-3-2-7-18(20)26(25(28)30)14-32-21-11-23-22(10-19(21)26)33-15-34-23/h2-11H,12-15H2,1H3,(H,27,29). The van der Waals surface area contributed by atoms with E-state index in [1.807, 2.05) is 54.6 Å². The number of amides is 2. The Morgan fingerprint density at radius 2 is 1.82 bits per heavy atom. The van der Waals surface area contributed by atoms with Crippen molar-refractivity contribution in [1.29, 1.82) is 0 Å². The molecule has 3 aromatic rings. The van der Waals surface area contributed by atoms with Crippen LogP contribution in [0.3, 0.4) is 0 Å². The number of fused-ring (bicyclic) bond motifs is 5. The van der Waals surface area contributed by atoms with Crippen molar-refractivity contribution in [2.24, 2.45) is 0 Å². The Bertz CT molecular complexity index is 1320. The maximum atomic E-state index is 13.9. The Hall–Kier alpha value is -4.20. The molecule has 1 unspecified atom stereocenters. The molecule has 3 heterocycles. The van der Waals surface area contributed by atoms with E-state index in [4.69, 9.17) is 18.9 Å². The van der Waals surface area contributed by atoms with E-state index in [0.29, 0.717) is 29.5 Å². The van der Waals surface area contributed by atoms with Gasteiger partial charge in [0.25, 0.3) is 0 Å². The zero-order chi connectivity index (χ0) is 23.3. The van der Waals surface area contributed by atoms with Gasteiger partial charge in [-0.05, 0) is 35.4 Å². The topological polar surface area (TPSA) is 86.3 Å². The number of rotatable bonds is 5. The lowest BCUT2D eigenvalue weighted by molar-refractivity contribution is -0.125. The number of hydrogen-bond acceptors (Lipinski definition) is 6. The van der Waals surface area contributed by atoms with Crippen molar-refractivity contribution in [2.75, 3.05) is 32.0 Å². The van der Waals surface area contributed by atoms with Crippen LogP contribution in [0.1, 0.15) is 16.7 Å². The number of nitrogens with zero attached hydrogens (tertiary/aromatic N) is 1. The number of benzene rings is 3. The fourth-order valence-corrected chi connectivity index (χ4v) is 4.90.